The first kappa shape index (κ1) is 14.5. The van der Waals surface area contributed by atoms with E-state index in [4.69, 9.17) is 23.2 Å². The highest BCUT2D eigenvalue weighted by molar-refractivity contribution is 6.32. The van der Waals surface area contributed by atoms with Crippen LogP contribution in [0.3, 0.4) is 0 Å². The molecule has 3 rings (SSSR count). The quantitative estimate of drug-likeness (QED) is 0.801. The Morgan fingerprint density at radius 2 is 1.67 bits per heavy atom. The van der Waals surface area contributed by atoms with E-state index in [1.54, 1.807) is 6.20 Å². The van der Waals surface area contributed by atoms with Gasteiger partial charge in [0.1, 0.15) is 5.82 Å². The van der Waals surface area contributed by atoms with Crippen molar-refractivity contribution in [3.05, 3.63) is 53.2 Å². The van der Waals surface area contributed by atoms with Crippen molar-refractivity contribution < 1.29 is 0 Å². The predicted molar refractivity (Wildman–Crippen MR) is 89.7 cm³/mol. The van der Waals surface area contributed by atoms with E-state index in [0.717, 1.165) is 37.6 Å². The second kappa shape index (κ2) is 6.54. The highest BCUT2D eigenvalue weighted by Crippen LogP contribution is 2.24. The number of piperazine rings is 1. The lowest BCUT2D eigenvalue weighted by molar-refractivity contribution is 0.647. The normalized spacial score (nSPS) is 15.3. The summed E-state index contributed by atoms with van der Waals surface area (Å²) in [5, 5.41) is 0.636. The van der Waals surface area contributed by atoms with Crippen LogP contribution in [0.1, 0.15) is 5.56 Å². The number of hydrogen-bond donors (Lipinski definition) is 0. The van der Waals surface area contributed by atoms with Gasteiger partial charge in [-0.15, -0.1) is 11.6 Å². The number of anilines is 2. The number of para-hydroxylation sites is 1. The molecule has 0 aliphatic carbocycles. The minimum atomic E-state index is 0.415. The van der Waals surface area contributed by atoms with Crippen LogP contribution >= 0.6 is 23.2 Å². The lowest BCUT2D eigenvalue weighted by Gasteiger charge is -2.36. The predicted octanol–water partition coefficient (Wildman–Crippen LogP) is 3.80. The highest BCUT2D eigenvalue weighted by Gasteiger charge is 2.18. The second-order valence-corrected chi connectivity index (χ2v) is 5.75. The fraction of sp³-hybridized carbons (Fsp3) is 0.312. The lowest BCUT2D eigenvalue weighted by atomic mass is 10.2. The van der Waals surface area contributed by atoms with E-state index in [2.05, 4.69) is 39.0 Å². The monoisotopic (exact) mass is 321 g/mol. The van der Waals surface area contributed by atoms with Gasteiger partial charge >= 0.3 is 0 Å². The summed E-state index contributed by atoms with van der Waals surface area (Å²) < 4.78 is 0. The molecule has 3 nitrogen and oxygen atoms in total. The number of rotatable bonds is 3. The Hall–Kier alpha value is -1.45. The minimum Gasteiger partial charge on any atom is -0.368 e. The van der Waals surface area contributed by atoms with Crippen LogP contribution < -0.4 is 9.80 Å². The summed E-state index contributed by atoms with van der Waals surface area (Å²) in [6, 6.07) is 12.5. The summed E-state index contributed by atoms with van der Waals surface area (Å²) in [6.45, 7) is 3.88. The van der Waals surface area contributed by atoms with Crippen LogP contribution in [-0.2, 0) is 5.88 Å². The van der Waals surface area contributed by atoms with Gasteiger partial charge in [-0.1, -0.05) is 29.8 Å². The van der Waals surface area contributed by atoms with Gasteiger partial charge in [0.2, 0.25) is 0 Å². The van der Waals surface area contributed by atoms with E-state index < -0.39 is 0 Å². The van der Waals surface area contributed by atoms with Gasteiger partial charge < -0.3 is 9.80 Å². The molecule has 110 valence electrons. The first-order valence-corrected chi connectivity index (χ1v) is 7.94. The first-order chi connectivity index (χ1) is 10.3. The molecule has 2 heterocycles. The van der Waals surface area contributed by atoms with Crippen molar-refractivity contribution in [2.45, 2.75) is 5.88 Å². The lowest BCUT2D eigenvalue weighted by Crippen LogP contribution is -2.46. The zero-order chi connectivity index (χ0) is 14.7. The zero-order valence-electron chi connectivity index (χ0n) is 11.7. The molecular formula is C16H17Cl2N3. The van der Waals surface area contributed by atoms with Gasteiger partial charge in [-0.2, -0.15) is 0 Å². The Morgan fingerprint density at radius 1 is 1.00 bits per heavy atom. The van der Waals surface area contributed by atoms with Gasteiger partial charge in [0.05, 0.1) is 5.02 Å². The molecule has 0 atom stereocenters. The Kier molecular flexibility index (Phi) is 4.51. The van der Waals surface area contributed by atoms with Gasteiger partial charge in [-0.25, -0.2) is 4.98 Å². The van der Waals surface area contributed by atoms with Crippen molar-refractivity contribution in [1.82, 2.24) is 4.98 Å². The molecule has 0 amide bonds. The van der Waals surface area contributed by atoms with E-state index in [1.807, 2.05) is 12.1 Å². The number of pyridine rings is 1. The molecule has 1 aliphatic heterocycles. The number of nitrogens with zero attached hydrogens (tertiary/aromatic N) is 3. The zero-order valence-corrected chi connectivity index (χ0v) is 13.2. The third kappa shape index (κ3) is 3.25. The fourth-order valence-corrected chi connectivity index (χ4v) is 3.04. The number of benzene rings is 1. The SMILES string of the molecule is ClCc1cc(N2CCN(c3ccccc3)CC2)ncc1Cl. The van der Waals surface area contributed by atoms with Gasteiger partial charge in [0.25, 0.3) is 0 Å². The standard InChI is InChI=1S/C16H17Cl2N3/c17-11-13-10-16(19-12-15(13)18)21-8-6-20(7-9-21)14-4-2-1-3-5-14/h1-5,10,12H,6-9,11H2. The average Bonchev–Trinajstić information content (AvgIpc) is 2.56. The summed E-state index contributed by atoms with van der Waals surface area (Å²) in [5.74, 6) is 1.38. The third-order valence-corrected chi connectivity index (χ3v) is 4.42. The molecule has 0 saturated carbocycles. The van der Waals surface area contributed by atoms with Crippen molar-refractivity contribution in [3.8, 4) is 0 Å². The van der Waals surface area contributed by atoms with Crippen LogP contribution in [0.4, 0.5) is 11.5 Å². The molecule has 21 heavy (non-hydrogen) atoms. The van der Waals surface area contributed by atoms with E-state index >= 15 is 0 Å². The fourth-order valence-electron chi connectivity index (χ4n) is 2.58. The third-order valence-electron chi connectivity index (χ3n) is 3.79. The Bertz CT molecular complexity index is 596. The molecule has 1 aliphatic rings. The van der Waals surface area contributed by atoms with Crippen LogP contribution in [-0.4, -0.2) is 31.2 Å². The number of alkyl halides is 1. The summed E-state index contributed by atoms with van der Waals surface area (Å²) in [4.78, 5) is 9.11. The van der Waals surface area contributed by atoms with Crippen molar-refractivity contribution in [1.29, 1.82) is 0 Å². The molecule has 2 aromatic rings. The van der Waals surface area contributed by atoms with Crippen molar-refractivity contribution in [2.24, 2.45) is 0 Å². The second-order valence-electron chi connectivity index (χ2n) is 5.08. The number of halogens is 2. The van der Waals surface area contributed by atoms with E-state index in [0.29, 0.717) is 10.9 Å². The maximum atomic E-state index is 6.06. The van der Waals surface area contributed by atoms with Crippen LogP contribution in [0, 0.1) is 0 Å². The molecule has 1 saturated heterocycles. The van der Waals surface area contributed by atoms with Crippen LogP contribution in [0.15, 0.2) is 42.6 Å². The molecule has 0 bridgehead atoms. The van der Waals surface area contributed by atoms with E-state index in [9.17, 15) is 0 Å². The summed E-state index contributed by atoms with van der Waals surface area (Å²) in [5.41, 5.74) is 2.22. The van der Waals surface area contributed by atoms with E-state index in [1.165, 1.54) is 5.69 Å². The van der Waals surface area contributed by atoms with Gasteiger partial charge in [-0.05, 0) is 23.8 Å². The van der Waals surface area contributed by atoms with Crippen molar-refractivity contribution >= 4 is 34.7 Å². The van der Waals surface area contributed by atoms with Crippen molar-refractivity contribution in [3.63, 3.8) is 0 Å². The molecule has 5 heteroatoms. The Balaban J connectivity index is 1.68. The maximum absolute atomic E-state index is 6.06. The first-order valence-electron chi connectivity index (χ1n) is 7.03. The number of hydrogen-bond acceptors (Lipinski definition) is 3. The Labute approximate surface area is 135 Å². The molecule has 0 spiro atoms. The molecule has 0 N–H and O–H groups in total. The Morgan fingerprint density at radius 3 is 2.33 bits per heavy atom. The highest BCUT2D eigenvalue weighted by atomic mass is 35.5. The molecule has 1 fully saturated rings. The molecule has 1 aromatic heterocycles. The minimum absolute atomic E-state index is 0.415. The molecule has 0 radical (unpaired) electrons. The van der Waals surface area contributed by atoms with Crippen LogP contribution in [0.25, 0.3) is 0 Å². The maximum Gasteiger partial charge on any atom is 0.129 e. The molecule has 0 unspecified atom stereocenters. The van der Waals surface area contributed by atoms with Gasteiger partial charge in [0.15, 0.2) is 0 Å². The van der Waals surface area contributed by atoms with Crippen LogP contribution in [0.5, 0.6) is 0 Å². The number of aromatic nitrogens is 1. The van der Waals surface area contributed by atoms with E-state index in [-0.39, 0.29) is 0 Å². The van der Waals surface area contributed by atoms with Crippen LogP contribution in [0.2, 0.25) is 5.02 Å². The largest absolute Gasteiger partial charge is 0.368 e. The average molecular weight is 322 g/mol. The summed E-state index contributed by atoms with van der Waals surface area (Å²) >= 11 is 12.0. The topological polar surface area (TPSA) is 19.4 Å². The van der Waals surface area contributed by atoms with Gasteiger partial charge in [0, 0.05) is 43.9 Å². The molecule has 1 aromatic carbocycles. The van der Waals surface area contributed by atoms with Crippen molar-refractivity contribution in [2.75, 3.05) is 36.0 Å². The smallest absolute Gasteiger partial charge is 0.129 e. The summed E-state index contributed by atoms with van der Waals surface area (Å²) in [7, 11) is 0. The van der Waals surface area contributed by atoms with Gasteiger partial charge in [-0.3, -0.25) is 0 Å². The summed E-state index contributed by atoms with van der Waals surface area (Å²) in [6.07, 6.45) is 1.69. The molecular weight excluding hydrogens is 305 g/mol.